The summed E-state index contributed by atoms with van der Waals surface area (Å²) in [6, 6.07) is 2.60. The molecule has 0 aliphatic carbocycles. The van der Waals surface area contributed by atoms with Gasteiger partial charge >= 0.3 is 5.97 Å². The lowest BCUT2D eigenvalue weighted by molar-refractivity contribution is 0.0596. The number of rotatable bonds is 3. The highest BCUT2D eigenvalue weighted by Crippen LogP contribution is 2.28. The lowest BCUT2D eigenvalue weighted by Crippen LogP contribution is -2.06. The van der Waals surface area contributed by atoms with Crippen molar-refractivity contribution in [2.75, 3.05) is 7.11 Å². The molecule has 0 amide bonds. The largest absolute Gasteiger partial charge is 0.508 e. The zero-order valence-corrected chi connectivity index (χ0v) is 8.78. The van der Waals surface area contributed by atoms with Gasteiger partial charge in [-0.1, -0.05) is 13.3 Å². The number of benzene rings is 1. The number of hydrogen-bond donors (Lipinski definition) is 2. The van der Waals surface area contributed by atoms with Gasteiger partial charge in [-0.25, -0.2) is 4.79 Å². The zero-order valence-electron chi connectivity index (χ0n) is 8.78. The van der Waals surface area contributed by atoms with E-state index < -0.39 is 5.97 Å². The Morgan fingerprint density at radius 3 is 2.60 bits per heavy atom. The third-order valence-corrected chi connectivity index (χ3v) is 2.09. The quantitative estimate of drug-likeness (QED) is 0.747. The Morgan fingerprint density at radius 2 is 2.07 bits per heavy atom. The molecule has 4 nitrogen and oxygen atoms in total. The van der Waals surface area contributed by atoms with Gasteiger partial charge in [0.05, 0.1) is 7.11 Å². The van der Waals surface area contributed by atoms with Crippen molar-refractivity contribution in [3.8, 4) is 11.5 Å². The molecule has 0 saturated heterocycles. The summed E-state index contributed by atoms with van der Waals surface area (Å²) in [6.45, 7) is 1.95. The third kappa shape index (κ3) is 2.40. The molecule has 0 saturated carbocycles. The van der Waals surface area contributed by atoms with E-state index >= 15 is 0 Å². The standard InChI is InChI=1S/C11H14O4/c1-3-4-7-5-8(12)6-9(13)10(7)11(14)15-2/h5-6,12-13H,3-4H2,1-2H3. The minimum atomic E-state index is -0.587. The molecule has 0 heterocycles. The van der Waals surface area contributed by atoms with Gasteiger partial charge in [-0.2, -0.15) is 0 Å². The minimum absolute atomic E-state index is 0.0522. The van der Waals surface area contributed by atoms with Gasteiger partial charge in [-0.15, -0.1) is 0 Å². The average Bonchev–Trinajstić information content (AvgIpc) is 2.16. The molecular formula is C11H14O4. The lowest BCUT2D eigenvalue weighted by Gasteiger charge is -2.09. The third-order valence-electron chi connectivity index (χ3n) is 2.09. The van der Waals surface area contributed by atoms with Crippen LogP contribution in [0.1, 0.15) is 29.3 Å². The minimum Gasteiger partial charge on any atom is -0.508 e. The summed E-state index contributed by atoms with van der Waals surface area (Å²) in [5.41, 5.74) is 0.735. The molecule has 0 radical (unpaired) electrons. The Bertz CT molecular complexity index is 371. The van der Waals surface area contributed by atoms with Crippen LogP contribution in [0.2, 0.25) is 0 Å². The molecule has 15 heavy (non-hydrogen) atoms. The van der Waals surface area contributed by atoms with E-state index in [0.717, 1.165) is 12.5 Å². The van der Waals surface area contributed by atoms with Crippen molar-refractivity contribution in [2.24, 2.45) is 0 Å². The number of methoxy groups -OCH3 is 1. The van der Waals surface area contributed by atoms with Crippen LogP contribution in [-0.4, -0.2) is 23.3 Å². The summed E-state index contributed by atoms with van der Waals surface area (Å²) in [6.07, 6.45) is 1.42. The second-order valence-electron chi connectivity index (χ2n) is 3.24. The van der Waals surface area contributed by atoms with Gasteiger partial charge in [-0.3, -0.25) is 0 Å². The van der Waals surface area contributed by atoms with Crippen LogP contribution in [0.25, 0.3) is 0 Å². The number of esters is 1. The molecule has 0 aliphatic heterocycles. The van der Waals surface area contributed by atoms with E-state index in [4.69, 9.17) is 0 Å². The lowest BCUT2D eigenvalue weighted by atomic mass is 10.0. The number of carbonyl (C=O) groups is 1. The van der Waals surface area contributed by atoms with Crippen molar-refractivity contribution in [2.45, 2.75) is 19.8 Å². The van der Waals surface area contributed by atoms with Gasteiger partial charge in [0.25, 0.3) is 0 Å². The maximum absolute atomic E-state index is 11.4. The first-order chi connectivity index (χ1) is 7.10. The van der Waals surface area contributed by atoms with Crippen molar-refractivity contribution in [3.05, 3.63) is 23.3 Å². The summed E-state index contributed by atoms with van der Waals surface area (Å²) >= 11 is 0. The predicted molar refractivity (Wildman–Crippen MR) is 55.1 cm³/mol. The summed E-state index contributed by atoms with van der Waals surface area (Å²) < 4.78 is 4.56. The first-order valence-electron chi connectivity index (χ1n) is 4.73. The van der Waals surface area contributed by atoms with Gasteiger partial charge in [0.2, 0.25) is 0 Å². The summed E-state index contributed by atoms with van der Waals surface area (Å²) in [5.74, 6) is -0.884. The number of phenols is 2. The van der Waals surface area contributed by atoms with Crippen LogP contribution in [0, 0.1) is 0 Å². The van der Waals surface area contributed by atoms with Gasteiger partial charge in [0.1, 0.15) is 17.1 Å². The van der Waals surface area contributed by atoms with E-state index in [1.807, 2.05) is 6.92 Å². The highest BCUT2D eigenvalue weighted by molar-refractivity contribution is 5.94. The molecule has 0 aromatic heterocycles. The fourth-order valence-electron chi connectivity index (χ4n) is 1.47. The van der Waals surface area contributed by atoms with E-state index in [1.54, 1.807) is 0 Å². The van der Waals surface area contributed by atoms with E-state index in [1.165, 1.54) is 13.2 Å². The normalized spacial score (nSPS) is 10.0. The maximum atomic E-state index is 11.4. The molecule has 2 N–H and O–H groups in total. The van der Waals surface area contributed by atoms with Crippen LogP contribution >= 0.6 is 0 Å². The fraction of sp³-hybridized carbons (Fsp3) is 0.364. The highest BCUT2D eigenvalue weighted by atomic mass is 16.5. The van der Waals surface area contributed by atoms with E-state index in [2.05, 4.69) is 4.74 Å². The molecule has 1 aromatic carbocycles. The van der Waals surface area contributed by atoms with E-state index in [0.29, 0.717) is 12.0 Å². The predicted octanol–water partition coefficient (Wildman–Crippen LogP) is 1.84. The highest BCUT2D eigenvalue weighted by Gasteiger charge is 2.17. The SMILES string of the molecule is CCCc1cc(O)cc(O)c1C(=O)OC. The molecule has 1 rings (SSSR count). The monoisotopic (exact) mass is 210 g/mol. The molecule has 0 atom stereocenters. The smallest absolute Gasteiger partial charge is 0.341 e. The van der Waals surface area contributed by atoms with Crippen LogP contribution < -0.4 is 0 Å². The van der Waals surface area contributed by atoms with Gasteiger partial charge in [0.15, 0.2) is 0 Å². The van der Waals surface area contributed by atoms with Gasteiger partial charge in [-0.05, 0) is 18.1 Å². The molecular weight excluding hydrogens is 196 g/mol. The fourth-order valence-corrected chi connectivity index (χ4v) is 1.47. The Morgan fingerprint density at radius 1 is 1.40 bits per heavy atom. The maximum Gasteiger partial charge on any atom is 0.341 e. The Hall–Kier alpha value is -1.71. The first-order valence-corrected chi connectivity index (χ1v) is 4.73. The molecule has 0 fully saturated rings. The van der Waals surface area contributed by atoms with Crippen molar-refractivity contribution in [3.63, 3.8) is 0 Å². The summed E-state index contributed by atoms with van der Waals surface area (Å²) in [4.78, 5) is 11.4. The summed E-state index contributed by atoms with van der Waals surface area (Å²) in [7, 11) is 1.25. The van der Waals surface area contributed by atoms with Gasteiger partial charge in [0, 0.05) is 6.07 Å². The number of hydrogen-bond acceptors (Lipinski definition) is 4. The van der Waals surface area contributed by atoms with Crippen LogP contribution in [0.4, 0.5) is 0 Å². The van der Waals surface area contributed by atoms with E-state index in [9.17, 15) is 15.0 Å². The topological polar surface area (TPSA) is 66.8 Å². The second-order valence-corrected chi connectivity index (χ2v) is 3.24. The molecule has 0 bridgehead atoms. The van der Waals surface area contributed by atoms with Crippen molar-refractivity contribution >= 4 is 5.97 Å². The second kappa shape index (κ2) is 4.68. The Labute approximate surface area is 88.1 Å². The number of aromatic hydroxyl groups is 2. The number of ether oxygens (including phenoxy) is 1. The molecule has 1 aromatic rings. The molecule has 0 aliphatic rings. The van der Waals surface area contributed by atoms with Crippen LogP contribution in [0.15, 0.2) is 12.1 Å². The molecule has 0 unspecified atom stereocenters. The van der Waals surface area contributed by atoms with E-state index in [-0.39, 0.29) is 17.1 Å². The molecule has 4 heteroatoms. The number of carbonyl (C=O) groups excluding carboxylic acids is 1. The first kappa shape index (κ1) is 11.4. The number of aryl methyl sites for hydroxylation is 1. The number of phenolic OH excluding ortho intramolecular Hbond substituents is 2. The Balaban J connectivity index is 3.26. The van der Waals surface area contributed by atoms with Crippen molar-refractivity contribution < 1.29 is 19.7 Å². The van der Waals surface area contributed by atoms with Crippen molar-refractivity contribution in [1.82, 2.24) is 0 Å². The summed E-state index contributed by atoms with van der Waals surface area (Å²) in [5, 5.41) is 18.8. The van der Waals surface area contributed by atoms with Crippen LogP contribution in [-0.2, 0) is 11.2 Å². The van der Waals surface area contributed by atoms with Crippen LogP contribution in [0.3, 0.4) is 0 Å². The molecule has 82 valence electrons. The Kier molecular flexibility index (Phi) is 3.55. The van der Waals surface area contributed by atoms with Crippen LogP contribution in [0.5, 0.6) is 11.5 Å². The molecule has 0 spiro atoms. The average molecular weight is 210 g/mol. The van der Waals surface area contributed by atoms with Gasteiger partial charge < -0.3 is 14.9 Å². The van der Waals surface area contributed by atoms with Crippen molar-refractivity contribution in [1.29, 1.82) is 0 Å². The zero-order chi connectivity index (χ0) is 11.4.